The zero-order chi connectivity index (χ0) is 15.5. The maximum absolute atomic E-state index is 11.6. The Kier molecular flexibility index (Phi) is 4.00. The van der Waals surface area contributed by atoms with E-state index >= 15 is 0 Å². The van der Waals surface area contributed by atoms with E-state index < -0.39 is 0 Å². The Bertz CT molecular complexity index is 649. The normalized spacial score (nSPS) is 17.5. The monoisotopic (exact) mass is 297 g/mol. The second kappa shape index (κ2) is 6.10. The van der Waals surface area contributed by atoms with E-state index in [1.807, 2.05) is 31.2 Å². The minimum atomic E-state index is -0.230. The number of cyclic esters (lactones) is 1. The Balaban J connectivity index is 1.70. The van der Waals surface area contributed by atoms with Crippen molar-refractivity contribution in [3.63, 3.8) is 0 Å². The predicted octanol–water partition coefficient (Wildman–Crippen LogP) is 3.70. The van der Waals surface area contributed by atoms with Crippen LogP contribution in [0, 0.1) is 0 Å². The molecule has 2 aromatic carbocycles. The van der Waals surface area contributed by atoms with E-state index in [1.165, 1.54) is 0 Å². The van der Waals surface area contributed by atoms with Crippen LogP contribution in [0.3, 0.4) is 0 Å². The quantitative estimate of drug-likeness (QED) is 0.863. The van der Waals surface area contributed by atoms with Crippen LogP contribution in [0.15, 0.2) is 48.5 Å². The maximum Gasteiger partial charge on any atom is 0.410 e. The van der Waals surface area contributed by atoms with Crippen LogP contribution in [0.4, 0.5) is 4.79 Å². The molecule has 0 unspecified atom stereocenters. The second-order valence-electron chi connectivity index (χ2n) is 5.50. The fourth-order valence-corrected chi connectivity index (χ4v) is 2.60. The first kappa shape index (κ1) is 14.4. The number of carbonyl (C=O) groups is 1. The van der Waals surface area contributed by atoms with Gasteiger partial charge in [-0.05, 0) is 35.7 Å². The summed E-state index contributed by atoms with van der Waals surface area (Å²) in [6, 6.07) is 16.2. The largest absolute Gasteiger partial charge is 0.497 e. The van der Waals surface area contributed by atoms with Crippen molar-refractivity contribution < 1.29 is 14.3 Å². The Morgan fingerprint density at radius 1 is 1.09 bits per heavy atom. The van der Waals surface area contributed by atoms with Gasteiger partial charge in [0.05, 0.1) is 13.7 Å². The van der Waals surface area contributed by atoms with Gasteiger partial charge in [0.25, 0.3) is 0 Å². The number of ether oxygens (including phenoxy) is 2. The number of amides is 1. The van der Waals surface area contributed by atoms with Crippen LogP contribution in [-0.4, -0.2) is 30.8 Å². The summed E-state index contributed by atoms with van der Waals surface area (Å²) in [7, 11) is 1.66. The Hall–Kier alpha value is -2.49. The third-order valence-electron chi connectivity index (χ3n) is 3.79. The zero-order valence-corrected chi connectivity index (χ0v) is 12.8. The molecular formula is C18H19NO3. The summed E-state index contributed by atoms with van der Waals surface area (Å²) in [4.78, 5) is 13.4. The minimum absolute atomic E-state index is 0.0222. The molecule has 1 fully saturated rings. The Labute approximate surface area is 130 Å². The highest BCUT2D eigenvalue weighted by molar-refractivity contribution is 5.70. The van der Waals surface area contributed by atoms with Crippen LogP contribution in [-0.2, 0) is 11.3 Å². The smallest absolute Gasteiger partial charge is 0.410 e. The van der Waals surface area contributed by atoms with Crippen LogP contribution < -0.4 is 4.74 Å². The van der Waals surface area contributed by atoms with Gasteiger partial charge in [0, 0.05) is 6.54 Å². The average molecular weight is 297 g/mol. The van der Waals surface area contributed by atoms with Gasteiger partial charge in [-0.3, -0.25) is 0 Å². The molecule has 0 aliphatic carbocycles. The van der Waals surface area contributed by atoms with Crippen LogP contribution in [0.1, 0.15) is 12.5 Å². The molecule has 0 aromatic heterocycles. The number of benzene rings is 2. The molecule has 3 rings (SSSR count). The van der Waals surface area contributed by atoms with Crippen LogP contribution in [0.2, 0.25) is 0 Å². The van der Waals surface area contributed by atoms with Crippen molar-refractivity contribution >= 4 is 6.09 Å². The highest BCUT2D eigenvalue weighted by Crippen LogP contribution is 2.23. The molecular weight excluding hydrogens is 278 g/mol. The average Bonchev–Trinajstić information content (AvgIpc) is 2.86. The maximum atomic E-state index is 11.6. The molecule has 1 aliphatic heterocycles. The summed E-state index contributed by atoms with van der Waals surface area (Å²) in [6.45, 7) is 3.15. The number of rotatable bonds is 4. The molecule has 114 valence electrons. The standard InChI is InChI=1S/C18H19NO3/c1-13-11-19(18(20)22-13)12-14-3-5-15(6-4-14)16-7-9-17(21-2)10-8-16/h3-10,13H,11-12H2,1-2H3/t13-/m1/s1. The van der Waals surface area contributed by atoms with Gasteiger partial charge in [-0.1, -0.05) is 36.4 Å². The molecule has 1 saturated heterocycles. The third kappa shape index (κ3) is 3.06. The molecule has 0 radical (unpaired) electrons. The predicted molar refractivity (Wildman–Crippen MR) is 84.8 cm³/mol. The van der Waals surface area contributed by atoms with E-state index in [9.17, 15) is 4.79 Å². The molecule has 4 heteroatoms. The van der Waals surface area contributed by atoms with Gasteiger partial charge in [-0.25, -0.2) is 4.79 Å². The minimum Gasteiger partial charge on any atom is -0.497 e. The zero-order valence-electron chi connectivity index (χ0n) is 12.8. The number of methoxy groups -OCH3 is 1. The first-order chi connectivity index (χ1) is 10.7. The lowest BCUT2D eigenvalue weighted by Gasteiger charge is -2.13. The topological polar surface area (TPSA) is 38.8 Å². The Morgan fingerprint density at radius 3 is 2.18 bits per heavy atom. The summed E-state index contributed by atoms with van der Waals surface area (Å²) in [5.74, 6) is 0.849. The van der Waals surface area contributed by atoms with E-state index in [2.05, 4.69) is 24.3 Å². The van der Waals surface area contributed by atoms with Crippen molar-refractivity contribution in [2.45, 2.75) is 19.6 Å². The molecule has 1 atom stereocenters. The van der Waals surface area contributed by atoms with Gasteiger partial charge < -0.3 is 14.4 Å². The fraction of sp³-hybridized carbons (Fsp3) is 0.278. The first-order valence-corrected chi connectivity index (χ1v) is 7.34. The van der Waals surface area contributed by atoms with Gasteiger partial charge in [0.2, 0.25) is 0 Å². The molecule has 0 saturated carbocycles. The lowest BCUT2D eigenvalue weighted by molar-refractivity contribution is 0.137. The van der Waals surface area contributed by atoms with Gasteiger partial charge >= 0.3 is 6.09 Å². The van der Waals surface area contributed by atoms with E-state index in [0.717, 1.165) is 22.4 Å². The number of carbonyl (C=O) groups excluding carboxylic acids is 1. The third-order valence-corrected chi connectivity index (χ3v) is 3.79. The highest BCUT2D eigenvalue weighted by Gasteiger charge is 2.27. The van der Waals surface area contributed by atoms with E-state index in [0.29, 0.717) is 13.1 Å². The van der Waals surface area contributed by atoms with E-state index in [4.69, 9.17) is 9.47 Å². The lowest BCUT2D eigenvalue weighted by atomic mass is 10.0. The Morgan fingerprint density at radius 2 is 1.68 bits per heavy atom. The van der Waals surface area contributed by atoms with Crippen molar-refractivity contribution in [1.82, 2.24) is 4.90 Å². The molecule has 22 heavy (non-hydrogen) atoms. The molecule has 1 aliphatic rings. The molecule has 1 heterocycles. The molecule has 2 aromatic rings. The van der Waals surface area contributed by atoms with Gasteiger partial charge in [-0.15, -0.1) is 0 Å². The van der Waals surface area contributed by atoms with Crippen LogP contribution in [0.25, 0.3) is 11.1 Å². The van der Waals surface area contributed by atoms with Crippen molar-refractivity contribution in [3.8, 4) is 16.9 Å². The SMILES string of the molecule is COc1ccc(-c2ccc(CN3C[C@@H](C)OC3=O)cc2)cc1. The van der Waals surface area contributed by atoms with Crippen molar-refractivity contribution in [1.29, 1.82) is 0 Å². The second-order valence-corrected chi connectivity index (χ2v) is 5.50. The molecule has 0 spiro atoms. The number of nitrogens with zero attached hydrogens (tertiary/aromatic N) is 1. The van der Waals surface area contributed by atoms with Crippen LogP contribution in [0.5, 0.6) is 5.75 Å². The van der Waals surface area contributed by atoms with Crippen LogP contribution >= 0.6 is 0 Å². The van der Waals surface area contributed by atoms with Crippen molar-refractivity contribution in [3.05, 3.63) is 54.1 Å². The van der Waals surface area contributed by atoms with E-state index in [-0.39, 0.29) is 12.2 Å². The summed E-state index contributed by atoms with van der Waals surface area (Å²) < 4.78 is 10.3. The van der Waals surface area contributed by atoms with Gasteiger partial charge in [0.15, 0.2) is 0 Å². The number of hydrogen-bond donors (Lipinski definition) is 0. The fourth-order valence-electron chi connectivity index (χ4n) is 2.60. The molecule has 0 N–H and O–H groups in total. The van der Waals surface area contributed by atoms with Crippen molar-refractivity contribution in [2.24, 2.45) is 0 Å². The molecule has 1 amide bonds. The summed E-state index contributed by atoms with van der Waals surface area (Å²) >= 11 is 0. The lowest BCUT2D eigenvalue weighted by Crippen LogP contribution is -2.24. The van der Waals surface area contributed by atoms with Gasteiger partial charge in [-0.2, -0.15) is 0 Å². The van der Waals surface area contributed by atoms with Crippen molar-refractivity contribution in [2.75, 3.05) is 13.7 Å². The number of hydrogen-bond acceptors (Lipinski definition) is 3. The first-order valence-electron chi connectivity index (χ1n) is 7.34. The highest BCUT2D eigenvalue weighted by atomic mass is 16.6. The molecule has 0 bridgehead atoms. The molecule has 4 nitrogen and oxygen atoms in total. The summed E-state index contributed by atoms with van der Waals surface area (Å²) in [5, 5.41) is 0. The summed E-state index contributed by atoms with van der Waals surface area (Å²) in [6.07, 6.45) is -0.252. The summed E-state index contributed by atoms with van der Waals surface area (Å²) in [5.41, 5.74) is 3.38. The van der Waals surface area contributed by atoms with E-state index in [1.54, 1.807) is 12.0 Å². The van der Waals surface area contributed by atoms with Gasteiger partial charge in [0.1, 0.15) is 11.9 Å².